The summed E-state index contributed by atoms with van der Waals surface area (Å²) in [4.78, 5) is 13.9. The number of fused-ring (bicyclic) bond motifs is 1. The average molecular weight is 151 g/mol. The zero-order valence-electron chi connectivity index (χ0n) is 6.05. The third-order valence-electron chi connectivity index (χ3n) is 2.02. The quantitative estimate of drug-likeness (QED) is 0.586. The zero-order chi connectivity index (χ0) is 7.84. The van der Waals surface area contributed by atoms with Crippen LogP contribution in [0.4, 0.5) is 0 Å². The Morgan fingerprint density at radius 1 is 1.45 bits per heavy atom. The van der Waals surface area contributed by atoms with E-state index in [4.69, 9.17) is 5.11 Å². The molecule has 0 aromatic carbocycles. The van der Waals surface area contributed by atoms with Gasteiger partial charge in [0.25, 0.3) is 0 Å². The standard InChI is InChI=1S/C8H9NO2/c10-7-3-1-2-6-5(7)4-8(11)9-6/h4,9,11H,1-3H2. The molecule has 1 aliphatic rings. The molecule has 3 heteroatoms. The van der Waals surface area contributed by atoms with Crippen molar-refractivity contribution < 1.29 is 9.90 Å². The maximum absolute atomic E-state index is 11.2. The summed E-state index contributed by atoms with van der Waals surface area (Å²) in [6.45, 7) is 0. The molecule has 0 spiro atoms. The lowest BCUT2D eigenvalue weighted by molar-refractivity contribution is 0.0972. The number of nitrogens with one attached hydrogen (secondary N) is 1. The van der Waals surface area contributed by atoms with Crippen molar-refractivity contribution in [2.24, 2.45) is 0 Å². The van der Waals surface area contributed by atoms with Gasteiger partial charge in [0, 0.05) is 23.7 Å². The van der Waals surface area contributed by atoms with Crippen LogP contribution >= 0.6 is 0 Å². The Morgan fingerprint density at radius 3 is 3.00 bits per heavy atom. The third-order valence-corrected chi connectivity index (χ3v) is 2.02. The molecule has 0 radical (unpaired) electrons. The van der Waals surface area contributed by atoms with Gasteiger partial charge in [-0.3, -0.25) is 4.79 Å². The van der Waals surface area contributed by atoms with Crippen LogP contribution in [0.1, 0.15) is 28.9 Å². The fourth-order valence-corrected chi connectivity index (χ4v) is 1.49. The number of hydrogen-bond acceptors (Lipinski definition) is 2. The Balaban J connectivity index is 2.52. The van der Waals surface area contributed by atoms with E-state index in [2.05, 4.69) is 4.98 Å². The molecule has 1 aliphatic carbocycles. The van der Waals surface area contributed by atoms with Gasteiger partial charge in [0.05, 0.1) is 0 Å². The third kappa shape index (κ3) is 0.926. The SMILES string of the molecule is O=C1CCCc2[nH]c(O)cc21. The van der Waals surface area contributed by atoms with Crippen molar-refractivity contribution in [1.82, 2.24) is 4.98 Å². The number of aryl methyl sites for hydroxylation is 1. The monoisotopic (exact) mass is 151 g/mol. The lowest BCUT2D eigenvalue weighted by Gasteiger charge is -2.07. The lowest BCUT2D eigenvalue weighted by Crippen LogP contribution is -2.08. The lowest BCUT2D eigenvalue weighted by atomic mass is 9.97. The maximum atomic E-state index is 11.2. The largest absolute Gasteiger partial charge is 0.495 e. The second-order valence-electron chi connectivity index (χ2n) is 2.82. The smallest absolute Gasteiger partial charge is 0.189 e. The Labute approximate surface area is 64.1 Å². The highest BCUT2D eigenvalue weighted by Gasteiger charge is 2.19. The van der Waals surface area contributed by atoms with Crippen molar-refractivity contribution in [2.45, 2.75) is 19.3 Å². The van der Waals surface area contributed by atoms with Gasteiger partial charge in [0.1, 0.15) is 0 Å². The van der Waals surface area contributed by atoms with Crippen molar-refractivity contribution in [3.63, 3.8) is 0 Å². The molecule has 2 rings (SSSR count). The molecule has 0 bridgehead atoms. The molecule has 0 unspecified atom stereocenters. The summed E-state index contributed by atoms with van der Waals surface area (Å²) in [5.74, 6) is 0.244. The molecule has 0 aliphatic heterocycles. The molecule has 1 aromatic rings. The van der Waals surface area contributed by atoms with Crippen molar-refractivity contribution in [3.05, 3.63) is 17.3 Å². The molecule has 0 amide bonds. The maximum Gasteiger partial charge on any atom is 0.189 e. The molecule has 11 heavy (non-hydrogen) atoms. The van der Waals surface area contributed by atoms with Crippen LogP contribution in [0.3, 0.4) is 0 Å². The van der Waals surface area contributed by atoms with Gasteiger partial charge in [0.2, 0.25) is 0 Å². The van der Waals surface area contributed by atoms with Gasteiger partial charge in [-0.1, -0.05) is 0 Å². The van der Waals surface area contributed by atoms with Crippen LogP contribution in [0.25, 0.3) is 0 Å². The van der Waals surface area contributed by atoms with E-state index in [-0.39, 0.29) is 11.7 Å². The predicted octanol–water partition coefficient (Wildman–Crippen LogP) is 1.24. The van der Waals surface area contributed by atoms with E-state index in [1.54, 1.807) is 0 Å². The normalized spacial score (nSPS) is 16.5. The highest BCUT2D eigenvalue weighted by Crippen LogP contribution is 2.23. The van der Waals surface area contributed by atoms with Gasteiger partial charge < -0.3 is 10.1 Å². The van der Waals surface area contributed by atoms with Gasteiger partial charge >= 0.3 is 0 Å². The van der Waals surface area contributed by atoms with Crippen molar-refractivity contribution in [3.8, 4) is 5.88 Å². The van der Waals surface area contributed by atoms with Crippen LogP contribution in [0.2, 0.25) is 0 Å². The summed E-state index contributed by atoms with van der Waals surface area (Å²) in [7, 11) is 0. The number of rotatable bonds is 0. The van der Waals surface area contributed by atoms with Crippen molar-refractivity contribution in [2.75, 3.05) is 0 Å². The topological polar surface area (TPSA) is 53.1 Å². The van der Waals surface area contributed by atoms with Crippen LogP contribution in [-0.2, 0) is 6.42 Å². The molecule has 3 nitrogen and oxygen atoms in total. The summed E-state index contributed by atoms with van der Waals surface area (Å²) >= 11 is 0. The van der Waals surface area contributed by atoms with E-state index in [1.807, 2.05) is 0 Å². The predicted molar refractivity (Wildman–Crippen MR) is 39.7 cm³/mol. The summed E-state index contributed by atoms with van der Waals surface area (Å²) in [5, 5.41) is 9.03. The van der Waals surface area contributed by atoms with Gasteiger partial charge in [-0.05, 0) is 12.8 Å². The average Bonchev–Trinajstić information content (AvgIpc) is 2.31. The van der Waals surface area contributed by atoms with E-state index in [1.165, 1.54) is 6.07 Å². The first-order chi connectivity index (χ1) is 5.27. The molecule has 1 aromatic heterocycles. The number of aromatic hydroxyl groups is 1. The number of aromatic nitrogens is 1. The Kier molecular flexibility index (Phi) is 1.24. The minimum atomic E-state index is 0.102. The van der Waals surface area contributed by atoms with E-state index < -0.39 is 0 Å². The fraction of sp³-hybridized carbons (Fsp3) is 0.375. The number of carbonyl (C=O) groups excluding carboxylic acids is 1. The van der Waals surface area contributed by atoms with Crippen molar-refractivity contribution >= 4 is 5.78 Å². The summed E-state index contributed by atoms with van der Waals surface area (Å²) in [6, 6.07) is 1.51. The van der Waals surface area contributed by atoms with Crippen molar-refractivity contribution in [1.29, 1.82) is 0 Å². The van der Waals surface area contributed by atoms with Crippen LogP contribution in [0.15, 0.2) is 6.07 Å². The second kappa shape index (κ2) is 2.12. The van der Waals surface area contributed by atoms with E-state index in [0.29, 0.717) is 12.0 Å². The first-order valence-corrected chi connectivity index (χ1v) is 3.71. The highest BCUT2D eigenvalue weighted by molar-refractivity contribution is 5.98. The van der Waals surface area contributed by atoms with Crippen LogP contribution in [0.5, 0.6) is 5.88 Å². The minimum Gasteiger partial charge on any atom is -0.495 e. The molecular formula is C8H9NO2. The van der Waals surface area contributed by atoms with E-state index in [0.717, 1.165) is 18.5 Å². The number of ketones is 1. The molecule has 1 heterocycles. The first-order valence-electron chi connectivity index (χ1n) is 3.71. The number of aromatic amines is 1. The molecule has 2 N–H and O–H groups in total. The molecular weight excluding hydrogens is 142 g/mol. The molecule has 0 saturated heterocycles. The molecule has 58 valence electrons. The summed E-state index contributed by atoms with van der Waals surface area (Å²) < 4.78 is 0. The fourth-order valence-electron chi connectivity index (χ4n) is 1.49. The number of hydrogen-bond donors (Lipinski definition) is 2. The summed E-state index contributed by atoms with van der Waals surface area (Å²) in [6.07, 6.45) is 2.39. The van der Waals surface area contributed by atoms with Gasteiger partial charge in [-0.25, -0.2) is 0 Å². The molecule has 0 fully saturated rings. The number of carbonyl (C=O) groups is 1. The van der Waals surface area contributed by atoms with Gasteiger partial charge in [-0.2, -0.15) is 0 Å². The first kappa shape index (κ1) is 6.46. The van der Waals surface area contributed by atoms with Gasteiger partial charge in [-0.15, -0.1) is 0 Å². The van der Waals surface area contributed by atoms with Crippen LogP contribution < -0.4 is 0 Å². The molecule has 0 saturated carbocycles. The minimum absolute atomic E-state index is 0.102. The van der Waals surface area contributed by atoms with Gasteiger partial charge in [0.15, 0.2) is 11.7 Å². The van der Waals surface area contributed by atoms with E-state index in [9.17, 15) is 4.79 Å². The number of H-pyrrole nitrogens is 1. The molecule has 0 atom stereocenters. The second-order valence-corrected chi connectivity index (χ2v) is 2.82. The summed E-state index contributed by atoms with van der Waals surface area (Å²) in [5.41, 5.74) is 1.56. The highest BCUT2D eigenvalue weighted by atomic mass is 16.3. The van der Waals surface area contributed by atoms with Crippen LogP contribution in [-0.4, -0.2) is 15.9 Å². The Hall–Kier alpha value is -1.25. The van der Waals surface area contributed by atoms with Crippen LogP contribution in [0, 0.1) is 0 Å². The van der Waals surface area contributed by atoms with E-state index >= 15 is 0 Å². The Bertz CT molecular complexity index is 301. The number of Topliss-reactive ketones (excluding diaryl/α,β-unsaturated/α-hetero) is 1. The zero-order valence-corrected chi connectivity index (χ0v) is 6.05. The Morgan fingerprint density at radius 2 is 2.27 bits per heavy atom.